The molecular weight excluding hydrogens is 280 g/mol. The molecule has 1 aliphatic heterocycles. The number of ether oxygens (including phenoxy) is 1. The van der Waals surface area contributed by atoms with Crippen molar-refractivity contribution in [1.82, 2.24) is 5.32 Å². The fourth-order valence-electron chi connectivity index (χ4n) is 2.78. The average molecular weight is 300 g/mol. The molecule has 2 aliphatic rings. The maximum absolute atomic E-state index is 11.9. The van der Waals surface area contributed by atoms with E-state index < -0.39 is 48.2 Å². The number of amides is 1. The van der Waals surface area contributed by atoms with Crippen molar-refractivity contribution in [2.24, 2.45) is 11.7 Å². The third-order valence-corrected chi connectivity index (χ3v) is 3.94. The minimum absolute atomic E-state index is 0.0964. The van der Waals surface area contributed by atoms with E-state index >= 15 is 0 Å². The number of cyclic esters (lactones) is 1. The molecule has 21 heavy (non-hydrogen) atoms. The Balaban J connectivity index is 2.37. The van der Waals surface area contributed by atoms with Gasteiger partial charge in [-0.15, -0.1) is 0 Å². The molecule has 1 amide bonds. The summed E-state index contributed by atoms with van der Waals surface area (Å²) in [7, 11) is 0. The van der Waals surface area contributed by atoms with Crippen molar-refractivity contribution in [2.75, 3.05) is 0 Å². The average Bonchev–Trinajstić information content (AvgIpc) is 2.38. The first kappa shape index (κ1) is 15.7. The highest BCUT2D eigenvalue weighted by Gasteiger charge is 2.50. The second kappa shape index (κ2) is 5.63. The second-order valence-corrected chi connectivity index (χ2v) is 5.58. The molecule has 118 valence electrons. The van der Waals surface area contributed by atoms with Gasteiger partial charge in [0, 0.05) is 12.3 Å². The summed E-state index contributed by atoms with van der Waals surface area (Å²) in [4.78, 5) is 23.7. The first-order valence-corrected chi connectivity index (χ1v) is 6.79. The first-order valence-electron chi connectivity index (χ1n) is 6.79. The highest BCUT2D eigenvalue weighted by Crippen LogP contribution is 2.37. The van der Waals surface area contributed by atoms with Crippen LogP contribution in [0.5, 0.6) is 0 Å². The highest BCUT2D eigenvalue weighted by atomic mass is 16.5. The van der Waals surface area contributed by atoms with Crippen LogP contribution in [0.2, 0.25) is 0 Å². The van der Waals surface area contributed by atoms with Crippen molar-refractivity contribution in [1.29, 1.82) is 0 Å². The summed E-state index contributed by atoms with van der Waals surface area (Å²) in [5, 5.41) is 32.4. The molecule has 1 fully saturated rings. The Morgan fingerprint density at radius 3 is 2.67 bits per heavy atom. The zero-order valence-corrected chi connectivity index (χ0v) is 11.8. The molecule has 1 saturated heterocycles. The lowest BCUT2D eigenvalue weighted by Crippen LogP contribution is -2.61. The summed E-state index contributed by atoms with van der Waals surface area (Å²) < 4.78 is 5.10. The van der Waals surface area contributed by atoms with Gasteiger partial charge in [0.2, 0.25) is 5.91 Å². The lowest BCUT2D eigenvalue weighted by Gasteiger charge is -2.43. The van der Waals surface area contributed by atoms with Crippen molar-refractivity contribution in [2.45, 2.75) is 50.7 Å². The molecule has 0 aromatic carbocycles. The molecule has 8 nitrogen and oxygen atoms in total. The Morgan fingerprint density at radius 2 is 2.10 bits per heavy atom. The number of carbonyl (C=O) groups is 2. The summed E-state index contributed by atoms with van der Waals surface area (Å²) in [6, 6.07) is -1.55. The van der Waals surface area contributed by atoms with Crippen molar-refractivity contribution < 1.29 is 29.6 Å². The van der Waals surface area contributed by atoms with Crippen LogP contribution in [0.3, 0.4) is 0 Å². The van der Waals surface area contributed by atoms with Crippen LogP contribution in [0, 0.1) is 5.92 Å². The van der Waals surface area contributed by atoms with Gasteiger partial charge >= 0.3 is 5.97 Å². The van der Waals surface area contributed by atoms with Crippen LogP contribution in [-0.2, 0) is 14.3 Å². The standard InChI is InChI=1S/C13H20N2O6/c1-4(14)12(19)15-10-5(2)21-13(20)8-6(16)3-7(17)11(18)9(8)10/h4-5,7,9-11,16-18H,3,14H2,1-2H3,(H,15,19)/t4-,5+,7+,9+,10-,11-/m0/s1. The number of aliphatic hydroxyl groups is 3. The quantitative estimate of drug-likeness (QED) is 0.383. The van der Waals surface area contributed by atoms with Crippen LogP contribution in [0.25, 0.3) is 0 Å². The molecule has 1 aliphatic carbocycles. The first-order chi connectivity index (χ1) is 9.73. The molecule has 0 saturated carbocycles. The van der Waals surface area contributed by atoms with E-state index in [9.17, 15) is 24.9 Å². The van der Waals surface area contributed by atoms with E-state index in [0.717, 1.165) is 0 Å². The summed E-state index contributed by atoms with van der Waals surface area (Å²) in [6.45, 7) is 3.06. The number of hydrogen-bond donors (Lipinski definition) is 5. The Labute approximate surface area is 121 Å². The van der Waals surface area contributed by atoms with Crippen LogP contribution >= 0.6 is 0 Å². The van der Waals surface area contributed by atoms with Gasteiger partial charge in [-0.05, 0) is 13.8 Å². The molecule has 0 aromatic rings. The minimum atomic E-state index is -1.29. The fraction of sp³-hybridized carbons (Fsp3) is 0.692. The van der Waals surface area contributed by atoms with Crippen LogP contribution in [-0.4, -0.2) is 57.6 Å². The lowest BCUT2D eigenvalue weighted by atomic mass is 9.74. The van der Waals surface area contributed by atoms with Crippen molar-refractivity contribution >= 4 is 11.9 Å². The summed E-state index contributed by atoms with van der Waals surface area (Å²) >= 11 is 0. The van der Waals surface area contributed by atoms with Crippen LogP contribution in [0.1, 0.15) is 20.3 Å². The van der Waals surface area contributed by atoms with E-state index in [4.69, 9.17) is 10.5 Å². The lowest BCUT2D eigenvalue weighted by molar-refractivity contribution is -0.159. The fourth-order valence-corrected chi connectivity index (χ4v) is 2.78. The summed E-state index contributed by atoms with van der Waals surface area (Å²) in [6.07, 6.45) is -3.46. The van der Waals surface area contributed by atoms with Gasteiger partial charge < -0.3 is 31.1 Å². The van der Waals surface area contributed by atoms with Gasteiger partial charge in [-0.2, -0.15) is 0 Å². The largest absolute Gasteiger partial charge is 0.512 e. The molecular formula is C13H20N2O6. The van der Waals surface area contributed by atoms with E-state index in [0.29, 0.717) is 0 Å². The van der Waals surface area contributed by atoms with E-state index in [1.807, 2.05) is 0 Å². The van der Waals surface area contributed by atoms with E-state index in [2.05, 4.69) is 5.32 Å². The summed E-state index contributed by atoms with van der Waals surface area (Å²) in [5.74, 6) is -2.49. The predicted octanol–water partition coefficient (Wildman–Crippen LogP) is -1.68. The minimum Gasteiger partial charge on any atom is -0.512 e. The van der Waals surface area contributed by atoms with Crippen molar-refractivity contribution in [3.05, 3.63) is 11.3 Å². The smallest absolute Gasteiger partial charge is 0.338 e. The van der Waals surface area contributed by atoms with Gasteiger partial charge in [0.15, 0.2) is 0 Å². The topological polar surface area (TPSA) is 142 Å². The zero-order valence-electron chi connectivity index (χ0n) is 11.8. The number of nitrogens with two attached hydrogens (primary N) is 1. The van der Waals surface area contributed by atoms with Crippen LogP contribution in [0.15, 0.2) is 11.3 Å². The molecule has 1 heterocycles. The maximum Gasteiger partial charge on any atom is 0.338 e. The van der Waals surface area contributed by atoms with E-state index in [1.165, 1.54) is 6.92 Å². The Hall–Kier alpha value is -1.64. The molecule has 0 radical (unpaired) electrons. The maximum atomic E-state index is 11.9. The number of rotatable bonds is 2. The normalized spacial score (nSPS) is 37.6. The Kier molecular flexibility index (Phi) is 4.22. The molecule has 0 bridgehead atoms. The number of hydrogen-bond acceptors (Lipinski definition) is 7. The number of carbonyl (C=O) groups excluding carboxylic acids is 2. The molecule has 2 rings (SSSR count). The van der Waals surface area contributed by atoms with Crippen molar-refractivity contribution in [3.63, 3.8) is 0 Å². The molecule has 8 heteroatoms. The predicted molar refractivity (Wildman–Crippen MR) is 70.9 cm³/mol. The monoisotopic (exact) mass is 300 g/mol. The van der Waals surface area contributed by atoms with Crippen molar-refractivity contribution in [3.8, 4) is 0 Å². The Bertz CT molecular complexity index is 489. The van der Waals surface area contributed by atoms with Gasteiger partial charge in [0.25, 0.3) is 0 Å². The Morgan fingerprint density at radius 1 is 1.48 bits per heavy atom. The van der Waals surface area contributed by atoms with Gasteiger partial charge in [-0.1, -0.05) is 0 Å². The number of nitrogens with one attached hydrogen (secondary N) is 1. The van der Waals surface area contributed by atoms with Gasteiger partial charge in [-0.25, -0.2) is 4.79 Å². The van der Waals surface area contributed by atoms with E-state index in [-0.39, 0.29) is 17.8 Å². The zero-order chi connectivity index (χ0) is 15.9. The molecule has 6 N–H and O–H groups in total. The van der Waals surface area contributed by atoms with Gasteiger partial charge in [0.1, 0.15) is 11.9 Å². The van der Waals surface area contributed by atoms with E-state index in [1.54, 1.807) is 6.92 Å². The number of fused-ring (bicyclic) bond motifs is 1. The molecule has 0 aromatic heterocycles. The van der Waals surface area contributed by atoms with Gasteiger partial charge in [0.05, 0.1) is 29.9 Å². The summed E-state index contributed by atoms with van der Waals surface area (Å²) in [5.41, 5.74) is 5.39. The molecule has 0 spiro atoms. The third kappa shape index (κ3) is 2.74. The number of esters is 1. The SMILES string of the molecule is C[C@H](N)C(=O)N[C@@H]1[C@H]2C(=C(O)C[C@@H](O)[C@@H]2O)C(=O)O[C@@H]1C. The number of aliphatic hydroxyl groups excluding tert-OH is 3. The highest BCUT2D eigenvalue weighted by molar-refractivity contribution is 5.92. The van der Waals surface area contributed by atoms with Crippen LogP contribution < -0.4 is 11.1 Å². The van der Waals surface area contributed by atoms with Crippen LogP contribution in [0.4, 0.5) is 0 Å². The molecule has 0 unspecified atom stereocenters. The van der Waals surface area contributed by atoms with Gasteiger partial charge in [-0.3, -0.25) is 4.79 Å². The third-order valence-electron chi connectivity index (χ3n) is 3.94. The second-order valence-electron chi connectivity index (χ2n) is 5.58. The molecule has 6 atom stereocenters.